The van der Waals surface area contributed by atoms with E-state index in [2.05, 4.69) is 14.9 Å². The number of benzene rings is 1. The average molecular weight is 366 g/mol. The number of ether oxygens (including phenoxy) is 1. The van der Waals surface area contributed by atoms with Crippen molar-refractivity contribution in [3.63, 3.8) is 0 Å². The first kappa shape index (κ1) is 17.9. The van der Waals surface area contributed by atoms with E-state index >= 15 is 0 Å². The first-order valence-electron chi connectivity index (χ1n) is 9.58. The van der Waals surface area contributed by atoms with Gasteiger partial charge in [0.2, 0.25) is 5.91 Å². The number of nitrogens with zero attached hydrogens (tertiary/aromatic N) is 3. The van der Waals surface area contributed by atoms with Crippen molar-refractivity contribution in [3.05, 3.63) is 60.2 Å². The topological polar surface area (TPSA) is 61.5 Å². The molecule has 1 spiro atoms. The lowest BCUT2D eigenvalue weighted by atomic mass is 9.89. The minimum atomic E-state index is -0.195. The smallest absolute Gasteiger partial charge is 0.246 e. The molecule has 4 rings (SSSR count). The maximum atomic E-state index is 12.6. The number of amides is 1. The third-order valence-corrected chi connectivity index (χ3v) is 5.49. The summed E-state index contributed by atoms with van der Waals surface area (Å²) in [5, 5.41) is 0. The third kappa shape index (κ3) is 4.46. The lowest BCUT2D eigenvalue weighted by Crippen LogP contribution is -2.57. The van der Waals surface area contributed by atoms with Crippen LogP contribution in [0.4, 0.5) is 0 Å². The van der Waals surface area contributed by atoms with Gasteiger partial charge in [0.05, 0.1) is 25.1 Å². The lowest BCUT2D eigenvalue weighted by molar-refractivity contribution is -0.155. The Morgan fingerprint density at radius 2 is 2.04 bits per heavy atom. The molecule has 0 aliphatic carbocycles. The molecule has 2 fully saturated rings. The fraction of sp³-hybridized carbons (Fsp3) is 0.429. The van der Waals surface area contributed by atoms with Gasteiger partial charge in [-0.1, -0.05) is 30.3 Å². The zero-order valence-electron chi connectivity index (χ0n) is 15.5. The van der Waals surface area contributed by atoms with E-state index in [1.165, 1.54) is 0 Å². The van der Waals surface area contributed by atoms with Gasteiger partial charge in [0.1, 0.15) is 0 Å². The second-order valence-electron chi connectivity index (χ2n) is 7.39. The van der Waals surface area contributed by atoms with Gasteiger partial charge >= 0.3 is 0 Å². The molecular formula is C21H26N4O2. The zero-order chi connectivity index (χ0) is 18.5. The van der Waals surface area contributed by atoms with Crippen LogP contribution in [0.15, 0.2) is 48.9 Å². The van der Waals surface area contributed by atoms with Crippen molar-refractivity contribution in [2.24, 2.45) is 0 Å². The van der Waals surface area contributed by atoms with E-state index in [4.69, 9.17) is 4.74 Å². The van der Waals surface area contributed by atoms with Crippen molar-refractivity contribution in [2.75, 3.05) is 32.8 Å². The minimum absolute atomic E-state index is 0.0708. The molecule has 142 valence electrons. The average Bonchev–Trinajstić information content (AvgIpc) is 3.22. The predicted molar refractivity (Wildman–Crippen MR) is 104 cm³/mol. The molecule has 2 aliphatic heterocycles. The molecule has 0 saturated carbocycles. The van der Waals surface area contributed by atoms with Gasteiger partial charge in [0, 0.05) is 44.1 Å². The highest BCUT2D eigenvalue weighted by Gasteiger charge is 2.40. The van der Waals surface area contributed by atoms with Gasteiger partial charge in [-0.25, -0.2) is 4.98 Å². The van der Waals surface area contributed by atoms with Crippen molar-refractivity contribution in [1.29, 1.82) is 0 Å². The Labute approximate surface area is 159 Å². The SMILES string of the molecule is O=C(C=Cc1ccccc1)N1CCOC2(CCN(Cc3cnc[nH]3)CC2)C1. The number of nitrogens with one attached hydrogen (secondary N) is 1. The number of hydrogen-bond acceptors (Lipinski definition) is 4. The number of morpholine rings is 1. The fourth-order valence-electron chi connectivity index (χ4n) is 3.90. The van der Waals surface area contributed by atoms with Gasteiger partial charge in [-0.2, -0.15) is 0 Å². The number of aromatic amines is 1. The number of carbonyl (C=O) groups is 1. The van der Waals surface area contributed by atoms with Crippen LogP contribution >= 0.6 is 0 Å². The lowest BCUT2D eigenvalue weighted by Gasteiger charge is -2.47. The molecule has 0 unspecified atom stereocenters. The Kier molecular flexibility index (Phi) is 5.36. The van der Waals surface area contributed by atoms with E-state index < -0.39 is 0 Å². The van der Waals surface area contributed by atoms with Crippen LogP contribution in [0.3, 0.4) is 0 Å². The standard InChI is InChI=1S/C21H26N4O2/c26-20(7-6-18-4-2-1-3-5-18)25-12-13-27-21(16-25)8-10-24(11-9-21)15-19-14-22-17-23-19/h1-7,14,17H,8-13,15-16H2,(H,22,23). The highest BCUT2D eigenvalue weighted by molar-refractivity contribution is 5.91. The van der Waals surface area contributed by atoms with Gasteiger partial charge < -0.3 is 14.6 Å². The normalized spacial score (nSPS) is 20.4. The van der Waals surface area contributed by atoms with Crippen LogP contribution in [0, 0.1) is 0 Å². The van der Waals surface area contributed by atoms with Crippen LogP contribution in [0.1, 0.15) is 24.1 Å². The molecule has 0 bridgehead atoms. The number of rotatable bonds is 4. The molecule has 6 nitrogen and oxygen atoms in total. The summed E-state index contributed by atoms with van der Waals surface area (Å²) in [6, 6.07) is 9.93. The number of hydrogen-bond donors (Lipinski definition) is 1. The number of piperidine rings is 1. The van der Waals surface area contributed by atoms with Gasteiger partial charge in [-0.05, 0) is 24.5 Å². The second kappa shape index (κ2) is 8.06. The Balaban J connectivity index is 1.32. The zero-order valence-corrected chi connectivity index (χ0v) is 15.5. The second-order valence-corrected chi connectivity index (χ2v) is 7.39. The van der Waals surface area contributed by atoms with Gasteiger partial charge in [0.25, 0.3) is 0 Å². The molecule has 0 radical (unpaired) electrons. The third-order valence-electron chi connectivity index (χ3n) is 5.49. The maximum absolute atomic E-state index is 12.6. The quantitative estimate of drug-likeness (QED) is 0.844. The molecule has 2 aromatic rings. The van der Waals surface area contributed by atoms with Crippen LogP contribution < -0.4 is 0 Å². The molecule has 1 aromatic carbocycles. The summed E-state index contributed by atoms with van der Waals surface area (Å²) >= 11 is 0. The number of likely N-dealkylation sites (tertiary alicyclic amines) is 1. The Morgan fingerprint density at radius 3 is 2.78 bits per heavy atom. The van der Waals surface area contributed by atoms with E-state index in [1.54, 1.807) is 12.4 Å². The van der Waals surface area contributed by atoms with Crippen LogP contribution in [0.5, 0.6) is 0 Å². The minimum Gasteiger partial charge on any atom is -0.371 e. The molecule has 27 heavy (non-hydrogen) atoms. The van der Waals surface area contributed by atoms with Crippen molar-refractivity contribution < 1.29 is 9.53 Å². The molecule has 6 heteroatoms. The Bertz CT molecular complexity index is 765. The maximum Gasteiger partial charge on any atom is 0.246 e. The first-order chi connectivity index (χ1) is 13.2. The van der Waals surface area contributed by atoms with Crippen molar-refractivity contribution in [1.82, 2.24) is 19.8 Å². The summed E-state index contributed by atoms with van der Waals surface area (Å²) in [7, 11) is 0. The van der Waals surface area contributed by atoms with E-state index in [9.17, 15) is 4.79 Å². The molecule has 0 atom stereocenters. The Morgan fingerprint density at radius 1 is 1.22 bits per heavy atom. The first-order valence-corrected chi connectivity index (χ1v) is 9.58. The van der Waals surface area contributed by atoms with E-state index in [-0.39, 0.29) is 11.5 Å². The largest absolute Gasteiger partial charge is 0.371 e. The highest BCUT2D eigenvalue weighted by Crippen LogP contribution is 2.30. The number of carbonyl (C=O) groups excluding carboxylic acids is 1. The van der Waals surface area contributed by atoms with Crippen molar-refractivity contribution in [2.45, 2.75) is 25.0 Å². The van der Waals surface area contributed by atoms with Crippen LogP contribution in [0.2, 0.25) is 0 Å². The van der Waals surface area contributed by atoms with E-state index in [0.29, 0.717) is 19.7 Å². The number of aromatic nitrogens is 2. The van der Waals surface area contributed by atoms with Crippen molar-refractivity contribution >= 4 is 12.0 Å². The summed E-state index contributed by atoms with van der Waals surface area (Å²) in [6.45, 7) is 4.80. The molecule has 1 aromatic heterocycles. The number of imidazole rings is 1. The van der Waals surface area contributed by atoms with E-state index in [0.717, 1.165) is 43.7 Å². The summed E-state index contributed by atoms with van der Waals surface area (Å²) in [5.74, 6) is 0.0708. The molecule has 2 saturated heterocycles. The van der Waals surface area contributed by atoms with Crippen LogP contribution in [-0.2, 0) is 16.1 Å². The number of H-pyrrole nitrogens is 1. The molecule has 2 aliphatic rings. The van der Waals surface area contributed by atoms with Crippen LogP contribution in [0.25, 0.3) is 6.08 Å². The molecule has 1 N–H and O–H groups in total. The van der Waals surface area contributed by atoms with Gasteiger partial charge in [0.15, 0.2) is 0 Å². The monoisotopic (exact) mass is 366 g/mol. The van der Waals surface area contributed by atoms with Gasteiger partial charge in [-0.3, -0.25) is 9.69 Å². The molecule has 1 amide bonds. The molecule has 3 heterocycles. The van der Waals surface area contributed by atoms with Crippen LogP contribution in [-0.4, -0.2) is 64.1 Å². The Hall–Kier alpha value is -2.44. The summed E-state index contributed by atoms with van der Waals surface area (Å²) in [5.41, 5.74) is 1.98. The molecular weight excluding hydrogens is 340 g/mol. The summed E-state index contributed by atoms with van der Waals surface area (Å²) in [6.07, 6.45) is 9.07. The van der Waals surface area contributed by atoms with Gasteiger partial charge in [-0.15, -0.1) is 0 Å². The van der Waals surface area contributed by atoms with E-state index in [1.807, 2.05) is 47.5 Å². The summed E-state index contributed by atoms with van der Waals surface area (Å²) < 4.78 is 6.17. The summed E-state index contributed by atoms with van der Waals surface area (Å²) in [4.78, 5) is 24.2. The fourth-order valence-corrected chi connectivity index (χ4v) is 3.90. The van der Waals surface area contributed by atoms with Crippen molar-refractivity contribution in [3.8, 4) is 0 Å². The highest BCUT2D eigenvalue weighted by atomic mass is 16.5. The predicted octanol–water partition coefficient (Wildman–Crippen LogP) is 2.32.